The minimum Gasteiger partial charge on any atom is -0.206 e. The van der Waals surface area contributed by atoms with Crippen LogP contribution in [0, 0.1) is 5.92 Å². The first kappa shape index (κ1) is 5.73. The summed E-state index contributed by atoms with van der Waals surface area (Å²) in [4.78, 5) is 0. The standard InChI is InChI=1S/C6H8F2/c1-2-3-5-4-6(5,7)8/h2-3,5H,4H2,1H3. The van der Waals surface area contributed by atoms with E-state index in [4.69, 9.17) is 0 Å². The van der Waals surface area contributed by atoms with Gasteiger partial charge < -0.3 is 0 Å². The van der Waals surface area contributed by atoms with Gasteiger partial charge in [0.2, 0.25) is 0 Å². The smallest absolute Gasteiger partial charge is 0.206 e. The Hall–Kier alpha value is -0.400. The zero-order chi connectivity index (χ0) is 6.20. The molecule has 1 rings (SSSR count). The fourth-order valence-electron chi connectivity index (χ4n) is 0.675. The molecule has 0 N–H and O–H groups in total. The van der Waals surface area contributed by atoms with Gasteiger partial charge in [-0.25, -0.2) is 8.78 Å². The summed E-state index contributed by atoms with van der Waals surface area (Å²) in [5.74, 6) is -2.82. The SMILES string of the molecule is CC=CC1CC1(F)F. The molecule has 1 aliphatic carbocycles. The van der Waals surface area contributed by atoms with Gasteiger partial charge in [-0.2, -0.15) is 0 Å². The van der Waals surface area contributed by atoms with Crippen molar-refractivity contribution in [3.8, 4) is 0 Å². The Morgan fingerprint density at radius 3 is 2.25 bits per heavy atom. The Morgan fingerprint density at radius 1 is 1.62 bits per heavy atom. The lowest BCUT2D eigenvalue weighted by molar-refractivity contribution is 0.107. The quantitative estimate of drug-likeness (QED) is 0.463. The van der Waals surface area contributed by atoms with Crippen LogP contribution in [0.5, 0.6) is 0 Å². The lowest BCUT2D eigenvalue weighted by Crippen LogP contribution is -1.88. The molecular formula is C6H8F2. The molecule has 1 unspecified atom stereocenters. The third kappa shape index (κ3) is 0.881. The number of allylic oxidation sites excluding steroid dienone is 2. The fourth-order valence-corrected chi connectivity index (χ4v) is 0.675. The van der Waals surface area contributed by atoms with E-state index in [1.54, 1.807) is 19.1 Å². The summed E-state index contributed by atoms with van der Waals surface area (Å²) in [7, 11) is 0. The van der Waals surface area contributed by atoms with Crippen molar-refractivity contribution in [2.75, 3.05) is 0 Å². The van der Waals surface area contributed by atoms with E-state index < -0.39 is 11.8 Å². The zero-order valence-electron chi connectivity index (χ0n) is 4.70. The van der Waals surface area contributed by atoms with Crippen LogP contribution in [0.2, 0.25) is 0 Å². The molecule has 0 aromatic heterocycles. The summed E-state index contributed by atoms with van der Waals surface area (Å²) < 4.78 is 23.9. The van der Waals surface area contributed by atoms with Crippen molar-refractivity contribution in [2.24, 2.45) is 5.92 Å². The van der Waals surface area contributed by atoms with Gasteiger partial charge in [-0.3, -0.25) is 0 Å². The Labute approximate surface area is 47.2 Å². The van der Waals surface area contributed by atoms with E-state index in [1.165, 1.54) is 0 Å². The Morgan fingerprint density at radius 2 is 2.12 bits per heavy atom. The summed E-state index contributed by atoms with van der Waals surface area (Å²) in [5, 5.41) is 0. The molecule has 0 spiro atoms. The number of rotatable bonds is 1. The van der Waals surface area contributed by atoms with Gasteiger partial charge in [0.05, 0.1) is 0 Å². The van der Waals surface area contributed by atoms with Crippen LogP contribution in [0.3, 0.4) is 0 Å². The Bertz CT molecular complexity index is 116. The molecule has 1 atom stereocenters. The van der Waals surface area contributed by atoms with Crippen LogP contribution in [0.15, 0.2) is 12.2 Å². The first-order valence-electron chi connectivity index (χ1n) is 2.67. The second-order valence-corrected chi connectivity index (χ2v) is 2.10. The Kier molecular flexibility index (Phi) is 1.10. The highest BCUT2D eigenvalue weighted by molar-refractivity contribution is 5.07. The number of halogens is 2. The molecule has 8 heavy (non-hydrogen) atoms. The van der Waals surface area contributed by atoms with Crippen LogP contribution in [0.4, 0.5) is 8.78 Å². The lowest BCUT2D eigenvalue weighted by Gasteiger charge is -1.85. The maximum absolute atomic E-state index is 11.9. The molecule has 0 nitrogen and oxygen atoms in total. The van der Waals surface area contributed by atoms with Crippen molar-refractivity contribution in [1.82, 2.24) is 0 Å². The topological polar surface area (TPSA) is 0 Å². The maximum atomic E-state index is 11.9. The van der Waals surface area contributed by atoms with Gasteiger partial charge in [0.15, 0.2) is 0 Å². The molecule has 1 aliphatic rings. The Balaban J connectivity index is 2.37. The number of hydrogen-bond donors (Lipinski definition) is 0. The lowest BCUT2D eigenvalue weighted by atomic mass is 10.4. The average molecular weight is 118 g/mol. The van der Waals surface area contributed by atoms with Crippen LogP contribution < -0.4 is 0 Å². The second kappa shape index (κ2) is 1.54. The van der Waals surface area contributed by atoms with Gasteiger partial charge >= 0.3 is 0 Å². The molecule has 0 aromatic rings. The van der Waals surface area contributed by atoms with E-state index in [0.717, 1.165) is 0 Å². The van der Waals surface area contributed by atoms with Gasteiger partial charge in [0.1, 0.15) is 0 Å². The van der Waals surface area contributed by atoms with Crippen LogP contribution >= 0.6 is 0 Å². The van der Waals surface area contributed by atoms with Gasteiger partial charge in [0.25, 0.3) is 5.92 Å². The predicted octanol–water partition coefficient (Wildman–Crippen LogP) is 2.22. The molecule has 0 saturated heterocycles. The van der Waals surface area contributed by atoms with Crippen molar-refractivity contribution in [1.29, 1.82) is 0 Å². The molecule has 1 fully saturated rings. The molecule has 0 heterocycles. The molecule has 0 amide bonds. The monoisotopic (exact) mass is 118 g/mol. The van der Waals surface area contributed by atoms with Crippen molar-refractivity contribution < 1.29 is 8.78 Å². The molecule has 0 aromatic carbocycles. The van der Waals surface area contributed by atoms with E-state index in [0.29, 0.717) is 0 Å². The average Bonchev–Trinajstić information content (AvgIpc) is 2.15. The summed E-state index contributed by atoms with van der Waals surface area (Å²) in [6.45, 7) is 1.76. The molecule has 0 radical (unpaired) electrons. The predicted molar refractivity (Wildman–Crippen MR) is 27.9 cm³/mol. The highest BCUT2D eigenvalue weighted by Crippen LogP contribution is 2.49. The third-order valence-electron chi connectivity index (χ3n) is 1.30. The molecule has 46 valence electrons. The summed E-state index contributed by atoms with van der Waals surface area (Å²) in [5.41, 5.74) is 0. The summed E-state index contributed by atoms with van der Waals surface area (Å²) in [6.07, 6.45) is 3.28. The van der Waals surface area contributed by atoms with E-state index in [9.17, 15) is 8.78 Å². The van der Waals surface area contributed by atoms with Gasteiger partial charge in [-0.05, 0) is 6.92 Å². The van der Waals surface area contributed by atoms with Crippen LogP contribution in [-0.4, -0.2) is 5.92 Å². The third-order valence-corrected chi connectivity index (χ3v) is 1.30. The minimum atomic E-state index is -2.37. The van der Waals surface area contributed by atoms with Gasteiger partial charge in [0, 0.05) is 12.3 Å². The fraction of sp³-hybridized carbons (Fsp3) is 0.667. The van der Waals surface area contributed by atoms with Crippen molar-refractivity contribution in [3.05, 3.63) is 12.2 Å². The first-order chi connectivity index (χ1) is 3.67. The van der Waals surface area contributed by atoms with Crippen molar-refractivity contribution >= 4 is 0 Å². The van der Waals surface area contributed by atoms with Crippen LogP contribution in [-0.2, 0) is 0 Å². The highest BCUT2D eigenvalue weighted by Gasteiger charge is 2.54. The van der Waals surface area contributed by atoms with E-state index >= 15 is 0 Å². The summed E-state index contributed by atoms with van der Waals surface area (Å²) >= 11 is 0. The van der Waals surface area contributed by atoms with E-state index in [-0.39, 0.29) is 6.42 Å². The number of alkyl halides is 2. The molecule has 1 saturated carbocycles. The highest BCUT2D eigenvalue weighted by atomic mass is 19.3. The largest absolute Gasteiger partial charge is 0.255 e. The van der Waals surface area contributed by atoms with Crippen molar-refractivity contribution in [2.45, 2.75) is 19.3 Å². The van der Waals surface area contributed by atoms with Crippen LogP contribution in [0.1, 0.15) is 13.3 Å². The zero-order valence-corrected chi connectivity index (χ0v) is 4.70. The van der Waals surface area contributed by atoms with E-state index in [1.807, 2.05) is 0 Å². The van der Waals surface area contributed by atoms with Crippen LogP contribution in [0.25, 0.3) is 0 Å². The normalized spacial score (nSPS) is 33.6. The van der Waals surface area contributed by atoms with Gasteiger partial charge in [-0.1, -0.05) is 12.2 Å². The summed E-state index contributed by atoms with van der Waals surface area (Å²) in [6, 6.07) is 0. The second-order valence-electron chi connectivity index (χ2n) is 2.10. The van der Waals surface area contributed by atoms with Crippen molar-refractivity contribution in [3.63, 3.8) is 0 Å². The molecule has 0 bridgehead atoms. The number of hydrogen-bond acceptors (Lipinski definition) is 0. The maximum Gasteiger partial charge on any atom is 0.255 e. The first-order valence-corrected chi connectivity index (χ1v) is 2.67. The molecule has 0 aliphatic heterocycles. The van der Waals surface area contributed by atoms with E-state index in [2.05, 4.69) is 0 Å². The minimum absolute atomic E-state index is 0.0529. The molecular weight excluding hydrogens is 110 g/mol. The van der Waals surface area contributed by atoms with Gasteiger partial charge in [-0.15, -0.1) is 0 Å². The molecule has 2 heteroatoms.